The molecular weight excluding hydrogens is 1350 g/mol. The summed E-state index contributed by atoms with van der Waals surface area (Å²) in [7, 11) is -21.3. The van der Waals surface area contributed by atoms with Crippen LogP contribution in [-0.2, 0) is 31.6 Å². The number of ether oxygens (including phenoxy) is 4. The third kappa shape index (κ3) is 33.3. The van der Waals surface area contributed by atoms with Gasteiger partial charge in [0, 0.05) is 0 Å². The van der Waals surface area contributed by atoms with Crippen LogP contribution in [0, 0.1) is 0 Å². The Morgan fingerprint density at radius 3 is 0.969 bits per heavy atom. The van der Waals surface area contributed by atoms with Gasteiger partial charge in [0.15, 0.2) is 31.0 Å². The average molecular weight is 1440 g/mol. The first-order chi connectivity index (χ1) is 44.7. The van der Waals surface area contributed by atoms with Crippen LogP contribution in [0.25, 0.3) is 40.3 Å². The summed E-state index contributed by atoms with van der Waals surface area (Å²) >= 11 is 0. The van der Waals surface area contributed by atoms with Crippen molar-refractivity contribution in [2.24, 2.45) is 12.5 Å². The number of aryl methyl sites for hydroxylation is 2. The molecule has 0 aliphatic heterocycles. The number of halogens is 12. The molecule has 534 valence electrons. The van der Waals surface area contributed by atoms with E-state index in [-0.39, 0.29) is 56.9 Å². The van der Waals surface area contributed by atoms with Crippen molar-refractivity contribution in [3.8, 4) is 11.5 Å². The monoisotopic (exact) mass is 1440 g/mol. The van der Waals surface area contributed by atoms with E-state index in [1.807, 2.05) is 97.1 Å². The molecular formula is C72H92F12O8P2S2. The number of fused-ring (bicyclic) bond motifs is 4. The molecule has 0 radical (unpaired) electrons. The minimum absolute atomic E-state index is 0.00310. The van der Waals surface area contributed by atoms with Crippen LogP contribution in [0.15, 0.2) is 155 Å². The molecule has 0 bridgehead atoms. The van der Waals surface area contributed by atoms with Crippen molar-refractivity contribution in [3.05, 3.63) is 177 Å². The average Bonchev–Trinajstić information content (AvgIpc) is 0.781. The van der Waals surface area contributed by atoms with Gasteiger partial charge in [-0.25, -0.2) is 9.59 Å². The predicted octanol–water partition coefficient (Wildman–Crippen LogP) is 26.3. The summed E-state index contributed by atoms with van der Waals surface area (Å²) in [5.74, 6) is 1.59. The topological polar surface area (TPSA) is 105 Å². The second-order valence-electron chi connectivity index (χ2n) is 24.1. The molecule has 0 saturated carbocycles. The van der Waals surface area contributed by atoms with E-state index < -0.39 is 27.8 Å². The van der Waals surface area contributed by atoms with Crippen molar-refractivity contribution in [3.63, 3.8) is 0 Å². The summed E-state index contributed by atoms with van der Waals surface area (Å²) in [5.41, 5.74) is 2.84. The van der Waals surface area contributed by atoms with Gasteiger partial charge in [-0.15, -0.1) is 0 Å². The number of unbranched alkanes of at least 4 members (excludes halogenated alkanes) is 13. The fraction of sp³-hybridized carbons (Fsp3) is 0.444. The molecule has 2 heterocycles. The number of para-hydroxylation sites is 2. The summed E-state index contributed by atoms with van der Waals surface area (Å²) in [6.45, 7) is 13.6. The molecule has 0 amide bonds. The van der Waals surface area contributed by atoms with Crippen molar-refractivity contribution in [2.45, 2.75) is 181 Å². The molecule has 0 aliphatic rings. The Morgan fingerprint density at radius 1 is 0.375 bits per heavy atom. The van der Waals surface area contributed by atoms with Crippen molar-refractivity contribution in [1.29, 1.82) is 0 Å². The van der Waals surface area contributed by atoms with Gasteiger partial charge in [-0.3, -0.25) is 9.59 Å². The number of esters is 2. The van der Waals surface area contributed by atoms with Gasteiger partial charge in [-0.1, -0.05) is 191 Å². The number of carbonyl (C=O) groups is 2. The van der Waals surface area contributed by atoms with Gasteiger partial charge in [-0.05, 0) is 155 Å². The molecule has 24 heteroatoms. The van der Waals surface area contributed by atoms with Gasteiger partial charge in [0.25, 0.3) is 0 Å². The summed E-state index contributed by atoms with van der Waals surface area (Å²) in [4.78, 5) is 51.1. The molecule has 0 spiro atoms. The van der Waals surface area contributed by atoms with Crippen LogP contribution in [-0.4, -0.2) is 37.4 Å². The summed E-state index contributed by atoms with van der Waals surface area (Å²) in [6, 6.07) is 47.7. The van der Waals surface area contributed by atoms with E-state index in [0.29, 0.717) is 49.0 Å². The van der Waals surface area contributed by atoms with Gasteiger partial charge in [0.1, 0.15) is 24.0 Å². The van der Waals surface area contributed by atoms with Gasteiger partial charge < -0.3 is 18.9 Å². The van der Waals surface area contributed by atoms with Crippen LogP contribution in [0.5, 0.6) is 11.5 Å². The van der Waals surface area contributed by atoms with E-state index in [1.165, 1.54) is 94.1 Å². The van der Waals surface area contributed by atoms with Crippen molar-refractivity contribution in [1.82, 2.24) is 0 Å². The second kappa shape index (κ2) is 36.0. The summed E-state index contributed by atoms with van der Waals surface area (Å²) in [6.07, 6.45) is 22.2. The standard InChI is InChI=1S/C38H58O6.2C17H17OS.2F6P/c1-3-5-7-9-11-13-21-29-35(43-33-25-17-15-18-26-33)37(39)41-31-23-24-32-42-38(40)36(44-34-27-19-16-20-28-34)30-22-14-12-10-8-6-4-2;2*1-11(2)12-8-9-16-14(10-12)17(18)13-6-4-5-7-15(13)19(16)3;2*1-7(2,3,4,5)6/h15-20,25-28,35-36H,3-14,21-24,29-32H2,1-2H3;2*4-11H,1-3H3;;/q;2*+1;2*-1. The molecule has 0 N–H and O–H groups in total. The molecule has 8 aromatic rings. The minimum atomic E-state index is -10.7. The zero-order chi connectivity index (χ0) is 71.5. The van der Waals surface area contributed by atoms with Crippen molar-refractivity contribution in [2.75, 3.05) is 13.2 Å². The Kier molecular flexibility index (Phi) is 30.7. The molecule has 8 nitrogen and oxygen atoms in total. The second-order valence-corrected chi connectivity index (χ2v) is 31.7. The Bertz CT molecular complexity index is 3580. The number of hydrogen-bond acceptors (Lipinski definition) is 8. The van der Waals surface area contributed by atoms with E-state index in [1.54, 1.807) is 0 Å². The zero-order valence-corrected chi connectivity index (χ0v) is 59.2. The number of hydrogen-bond donors (Lipinski definition) is 0. The molecule has 0 fully saturated rings. The van der Waals surface area contributed by atoms with Gasteiger partial charge >= 0.3 is 77.9 Å². The Morgan fingerprint density at radius 2 is 0.656 bits per heavy atom. The van der Waals surface area contributed by atoms with Crippen LogP contribution in [0.1, 0.15) is 180 Å². The zero-order valence-electron chi connectivity index (χ0n) is 55.8. The third-order valence-corrected chi connectivity index (χ3v) is 19.2. The van der Waals surface area contributed by atoms with Gasteiger partial charge in [0.2, 0.25) is 10.9 Å². The fourth-order valence-electron chi connectivity index (χ4n) is 10.2. The van der Waals surface area contributed by atoms with Crippen molar-refractivity contribution >= 4 is 88.8 Å². The SMILES string of the molecule is CC(C)c1ccc2c(c1)c(=O)c1ccccc1[s+]2C.CC(C)c1ccc2c(c1)c(=O)c1ccccc1[s+]2C.CCCCCCCCCC(Oc1ccccc1)C(=O)OCCCCOC(=O)C(CCCCCCCCC)Oc1ccccc1.F[P-](F)(F)(F)(F)F.F[P-](F)(F)(F)(F)F. The van der Waals surface area contributed by atoms with E-state index in [9.17, 15) is 69.5 Å². The number of rotatable bonds is 29. The molecule has 96 heavy (non-hydrogen) atoms. The maximum atomic E-state index is 12.9. The van der Waals surface area contributed by atoms with Crippen LogP contribution in [0.4, 0.5) is 50.4 Å². The quantitative estimate of drug-likeness (QED) is 0.0114. The molecule has 8 rings (SSSR count). The van der Waals surface area contributed by atoms with E-state index in [2.05, 4.69) is 103 Å². The van der Waals surface area contributed by atoms with Crippen molar-refractivity contribution < 1.29 is 78.9 Å². The molecule has 2 aromatic heterocycles. The van der Waals surface area contributed by atoms with Crippen LogP contribution in [0.2, 0.25) is 0 Å². The molecule has 0 saturated heterocycles. The third-order valence-electron chi connectivity index (χ3n) is 15.1. The molecule has 6 aromatic carbocycles. The first-order valence-corrected chi connectivity index (χ1v) is 39.8. The summed E-state index contributed by atoms with van der Waals surface area (Å²) < 4.78 is 146. The normalized spacial score (nSPS) is 14.0. The van der Waals surface area contributed by atoms with E-state index in [4.69, 9.17) is 18.9 Å². The van der Waals surface area contributed by atoms with E-state index >= 15 is 0 Å². The number of carbonyl (C=O) groups excluding carboxylic acids is 2. The Balaban J connectivity index is 0.000000306. The first kappa shape index (κ1) is 82.1. The maximum absolute atomic E-state index is 12.9. The van der Waals surface area contributed by atoms with Crippen LogP contribution >= 0.6 is 36.6 Å². The molecule has 4 unspecified atom stereocenters. The Hall–Kier alpha value is -6.34. The predicted molar refractivity (Wildman–Crippen MR) is 376 cm³/mol. The summed E-state index contributed by atoms with van der Waals surface area (Å²) in [5, 5.41) is 3.55. The first-order valence-electron chi connectivity index (χ1n) is 32.5. The van der Waals surface area contributed by atoms with E-state index in [0.717, 1.165) is 47.2 Å². The number of benzene rings is 6. The molecule has 4 atom stereocenters. The fourth-order valence-corrected chi connectivity index (χ4v) is 13.7. The van der Waals surface area contributed by atoms with Crippen LogP contribution < -0.4 is 20.3 Å². The van der Waals surface area contributed by atoms with Gasteiger partial charge in [-0.2, -0.15) is 0 Å². The Labute approximate surface area is 560 Å². The van der Waals surface area contributed by atoms with Gasteiger partial charge in [0.05, 0.1) is 34.8 Å². The molecule has 0 aliphatic carbocycles. The van der Waals surface area contributed by atoms with Crippen LogP contribution in [0.3, 0.4) is 0 Å².